The molecular formula is C12H18N2O. The lowest BCUT2D eigenvalue weighted by Crippen LogP contribution is -2.25. The number of carbonyl (C=O) groups excluding carboxylic acids is 1. The van der Waals surface area contributed by atoms with Crippen molar-refractivity contribution < 1.29 is 4.79 Å². The van der Waals surface area contributed by atoms with Crippen LogP contribution in [0.4, 0.5) is 0 Å². The molecule has 3 heteroatoms. The number of carbonyl (C=O) groups is 1. The molecule has 0 aromatic carbocycles. The highest BCUT2D eigenvalue weighted by atomic mass is 16.1. The number of nitrogens with one attached hydrogen (secondary N) is 2. The normalized spacial score (nSPS) is 16.8. The Hall–Kier alpha value is -1.25. The van der Waals surface area contributed by atoms with E-state index >= 15 is 0 Å². The van der Waals surface area contributed by atoms with Crippen LogP contribution in [0.3, 0.4) is 0 Å². The molecule has 1 aliphatic rings. The summed E-state index contributed by atoms with van der Waals surface area (Å²) in [6, 6.07) is 3.64. The topological polar surface area (TPSA) is 44.9 Å². The molecule has 3 nitrogen and oxygen atoms in total. The highest BCUT2D eigenvalue weighted by Gasteiger charge is 2.14. The van der Waals surface area contributed by atoms with Gasteiger partial charge in [0.1, 0.15) is 5.69 Å². The lowest BCUT2D eigenvalue weighted by atomic mass is 10.0. The van der Waals surface area contributed by atoms with E-state index in [1.54, 1.807) is 12.3 Å². The Kier molecular flexibility index (Phi) is 3.43. The fourth-order valence-corrected chi connectivity index (χ4v) is 2.26. The van der Waals surface area contributed by atoms with Gasteiger partial charge in [0, 0.05) is 12.7 Å². The second kappa shape index (κ2) is 5.01. The van der Waals surface area contributed by atoms with E-state index in [-0.39, 0.29) is 5.91 Å². The molecule has 0 aliphatic heterocycles. The van der Waals surface area contributed by atoms with Gasteiger partial charge in [-0.1, -0.05) is 25.7 Å². The van der Waals surface area contributed by atoms with E-state index in [1.165, 1.54) is 25.7 Å². The average Bonchev–Trinajstić information content (AvgIpc) is 2.90. The first kappa shape index (κ1) is 10.3. The smallest absolute Gasteiger partial charge is 0.267 e. The van der Waals surface area contributed by atoms with Gasteiger partial charge in [0.05, 0.1) is 0 Å². The molecule has 1 amide bonds. The maximum atomic E-state index is 11.5. The van der Waals surface area contributed by atoms with Crippen molar-refractivity contribution in [3.05, 3.63) is 24.0 Å². The van der Waals surface area contributed by atoms with Gasteiger partial charge in [0.25, 0.3) is 5.91 Å². The van der Waals surface area contributed by atoms with Crippen molar-refractivity contribution in [2.75, 3.05) is 6.54 Å². The van der Waals surface area contributed by atoms with Crippen LogP contribution in [0.15, 0.2) is 18.3 Å². The number of rotatable bonds is 4. The summed E-state index contributed by atoms with van der Waals surface area (Å²) in [6.45, 7) is 0.808. The Bertz CT molecular complexity index is 299. The van der Waals surface area contributed by atoms with Crippen LogP contribution in [-0.4, -0.2) is 17.4 Å². The monoisotopic (exact) mass is 206 g/mol. The highest BCUT2D eigenvalue weighted by molar-refractivity contribution is 5.92. The summed E-state index contributed by atoms with van der Waals surface area (Å²) in [5, 5.41) is 2.94. The van der Waals surface area contributed by atoms with Gasteiger partial charge in [-0.05, 0) is 24.5 Å². The van der Waals surface area contributed by atoms with Crippen molar-refractivity contribution in [3.8, 4) is 0 Å². The first-order chi connectivity index (χ1) is 7.36. The van der Waals surface area contributed by atoms with Gasteiger partial charge in [0.15, 0.2) is 0 Å². The third kappa shape index (κ3) is 2.85. The van der Waals surface area contributed by atoms with E-state index in [9.17, 15) is 4.79 Å². The zero-order valence-electron chi connectivity index (χ0n) is 8.96. The Morgan fingerprint density at radius 1 is 1.47 bits per heavy atom. The number of hydrogen-bond donors (Lipinski definition) is 2. The van der Waals surface area contributed by atoms with Crippen molar-refractivity contribution in [1.29, 1.82) is 0 Å². The van der Waals surface area contributed by atoms with Gasteiger partial charge < -0.3 is 10.3 Å². The average molecular weight is 206 g/mol. The van der Waals surface area contributed by atoms with Crippen molar-refractivity contribution in [2.45, 2.75) is 32.1 Å². The fraction of sp³-hybridized carbons (Fsp3) is 0.583. The molecule has 1 saturated carbocycles. The largest absolute Gasteiger partial charge is 0.357 e. The predicted octanol–water partition coefficient (Wildman–Crippen LogP) is 2.32. The summed E-state index contributed by atoms with van der Waals surface area (Å²) in [5.41, 5.74) is 0.654. The number of aromatic amines is 1. The van der Waals surface area contributed by atoms with Gasteiger partial charge in [-0.25, -0.2) is 0 Å². The van der Waals surface area contributed by atoms with Crippen molar-refractivity contribution in [3.63, 3.8) is 0 Å². The molecule has 1 fully saturated rings. The van der Waals surface area contributed by atoms with Crippen LogP contribution in [0.25, 0.3) is 0 Å². The number of H-pyrrole nitrogens is 1. The first-order valence-electron chi connectivity index (χ1n) is 5.78. The summed E-state index contributed by atoms with van der Waals surface area (Å²) >= 11 is 0. The van der Waals surface area contributed by atoms with Crippen LogP contribution in [0.5, 0.6) is 0 Å². The summed E-state index contributed by atoms with van der Waals surface area (Å²) in [4.78, 5) is 14.4. The van der Waals surface area contributed by atoms with Gasteiger partial charge in [-0.15, -0.1) is 0 Å². The van der Waals surface area contributed by atoms with E-state index < -0.39 is 0 Å². The minimum Gasteiger partial charge on any atom is -0.357 e. The quantitative estimate of drug-likeness (QED) is 0.780. The molecule has 0 unspecified atom stereocenters. The molecule has 0 atom stereocenters. The van der Waals surface area contributed by atoms with Crippen molar-refractivity contribution in [2.24, 2.45) is 5.92 Å². The SMILES string of the molecule is O=C(NCCC1CCCC1)c1ccc[nH]1. The Morgan fingerprint density at radius 2 is 2.27 bits per heavy atom. The summed E-state index contributed by atoms with van der Waals surface area (Å²) in [5.74, 6) is 0.854. The molecule has 1 heterocycles. The van der Waals surface area contributed by atoms with Gasteiger partial charge >= 0.3 is 0 Å². The minimum atomic E-state index is 0.0120. The lowest BCUT2D eigenvalue weighted by molar-refractivity contribution is 0.0947. The zero-order chi connectivity index (χ0) is 10.5. The standard InChI is InChI=1S/C12H18N2O/c15-12(11-6-3-8-13-11)14-9-7-10-4-1-2-5-10/h3,6,8,10,13H,1-2,4-5,7,9H2,(H,14,15). The van der Waals surface area contributed by atoms with Crippen molar-refractivity contribution >= 4 is 5.91 Å². The number of hydrogen-bond acceptors (Lipinski definition) is 1. The Labute approximate surface area is 90.3 Å². The van der Waals surface area contributed by atoms with Crippen LogP contribution in [0, 0.1) is 5.92 Å². The molecule has 2 N–H and O–H groups in total. The van der Waals surface area contributed by atoms with E-state index in [0.29, 0.717) is 5.69 Å². The van der Waals surface area contributed by atoms with Gasteiger partial charge in [-0.2, -0.15) is 0 Å². The van der Waals surface area contributed by atoms with E-state index in [4.69, 9.17) is 0 Å². The second-order valence-electron chi connectivity index (χ2n) is 4.28. The van der Waals surface area contributed by atoms with Crippen LogP contribution >= 0.6 is 0 Å². The predicted molar refractivity (Wildman–Crippen MR) is 59.7 cm³/mol. The zero-order valence-corrected chi connectivity index (χ0v) is 8.96. The molecule has 0 spiro atoms. The molecule has 2 rings (SSSR count). The molecule has 0 radical (unpaired) electrons. The molecular weight excluding hydrogens is 188 g/mol. The molecule has 1 aliphatic carbocycles. The molecule has 0 saturated heterocycles. The molecule has 82 valence electrons. The Morgan fingerprint density at radius 3 is 2.93 bits per heavy atom. The van der Waals surface area contributed by atoms with E-state index in [1.807, 2.05) is 6.07 Å². The van der Waals surface area contributed by atoms with Crippen molar-refractivity contribution in [1.82, 2.24) is 10.3 Å². The van der Waals surface area contributed by atoms with Gasteiger partial charge in [0.2, 0.25) is 0 Å². The van der Waals surface area contributed by atoms with Gasteiger partial charge in [-0.3, -0.25) is 4.79 Å². The summed E-state index contributed by atoms with van der Waals surface area (Å²) in [7, 11) is 0. The van der Waals surface area contributed by atoms with E-state index in [2.05, 4.69) is 10.3 Å². The van der Waals surface area contributed by atoms with Crippen LogP contribution < -0.4 is 5.32 Å². The third-order valence-electron chi connectivity index (χ3n) is 3.16. The summed E-state index contributed by atoms with van der Waals surface area (Å²) < 4.78 is 0. The Balaban J connectivity index is 1.67. The molecule has 1 aromatic rings. The third-order valence-corrected chi connectivity index (χ3v) is 3.16. The lowest BCUT2D eigenvalue weighted by Gasteiger charge is -2.08. The maximum absolute atomic E-state index is 11.5. The van der Waals surface area contributed by atoms with Crippen LogP contribution in [0.2, 0.25) is 0 Å². The first-order valence-corrected chi connectivity index (χ1v) is 5.78. The minimum absolute atomic E-state index is 0.0120. The molecule has 0 bridgehead atoms. The fourth-order valence-electron chi connectivity index (χ4n) is 2.26. The number of aromatic nitrogens is 1. The molecule has 15 heavy (non-hydrogen) atoms. The maximum Gasteiger partial charge on any atom is 0.267 e. The van der Waals surface area contributed by atoms with Crippen LogP contribution in [-0.2, 0) is 0 Å². The highest BCUT2D eigenvalue weighted by Crippen LogP contribution is 2.26. The van der Waals surface area contributed by atoms with Crippen LogP contribution in [0.1, 0.15) is 42.6 Å². The molecule has 1 aromatic heterocycles. The number of amides is 1. The second-order valence-corrected chi connectivity index (χ2v) is 4.28. The summed E-state index contributed by atoms with van der Waals surface area (Å²) in [6.07, 6.45) is 8.33. The van der Waals surface area contributed by atoms with E-state index in [0.717, 1.165) is 18.9 Å².